The molecule has 0 saturated heterocycles. The molecule has 0 aromatic heterocycles. The number of hydrogen-bond donors (Lipinski definition) is 0. The molecule has 0 rings (SSSR count). The van der Waals surface area contributed by atoms with Crippen LogP contribution in [0, 0.1) is 0 Å². The third kappa shape index (κ3) is 27.2. The molecule has 0 aliphatic rings. The first-order chi connectivity index (χ1) is 3.63. The molecule has 0 aromatic rings. The Morgan fingerprint density at radius 3 is 1.18 bits per heavy atom. The monoisotopic (exact) mass is 206 g/mol. The normalized spacial score (nSPS) is 6.91. The molecular weight excluding hydrogens is 200 g/mol. The third-order valence-electron chi connectivity index (χ3n) is 0.355. The SMILES string of the molecule is O.O.O=C([O-])/C=C/C(=O)[O-].[Fe+2]. The summed E-state index contributed by atoms with van der Waals surface area (Å²) in [6.07, 6.45) is 0.769. The van der Waals surface area contributed by atoms with Gasteiger partial charge in [0, 0.05) is 0 Å². The fourth-order valence-electron chi connectivity index (χ4n) is 0.136. The van der Waals surface area contributed by atoms with Gasteiger partial charge in [-0.3, -0.25) is 0 Å². The van der Waals surface area contributed by atoms with Crippen molar-refractivity contribution in [2.24, 2.45) is 0 Å². The summed E-state index contributed by atoms with van der Waals surface area (Å²) in [6, 6.07) is 0. The molecule has 0 atom stereocenters. The van der Waals surface area contributed by atoms with E-state index in [4.69, 9.17) is 0 Å². The van der Waals surface area contributed by atoms with Crippen molar-refractivity contribution in [3.8, 4) is 0 Å². The first kappa shape index (κ1) is 22.5. The number of carboxylic acid groups (broad SMARTS) is 2. The van der Waals surface area contributed by atoms with Gasteiger partial charge in [0.2, 0.25) is 0 Å². The first-order valence-corrected chi connectivity index (χ1v) is 1.73. The van der Waals surface area contributed by atoms with Gasteiger partial charge in [0.1, 0.15) is 0 Å². The number of carbonyl (C=O) groups is 2. The summed E-state index contributed by atoms with van der Waals surface area (Å²) in [7, 11) is 0. The molecule has 0 aliphatic carbocycles. The quantitative estimate of drug-likeness (QED) is 0.330. The summed E-state index contributed by atoms with van der Waals surface area (Å²) in [6.45, 7) is 0. The van der Waals surface area contributed by atoms with Crippen molar-refractivity contribution >= 4 is 11.9 Å². The van der Waals surface area contributed by atoms with Crippen LogP contribution in [0.5, 0.6) is 0 Å². The Morgan fingerprint density at radius 1 is 0.909 bits per heavy atom. The number of aliphatic carboxylic acids is 2. The molecule has 0 amide bonds. The molecule has 0 fully saturated rings. The first-order valence-electron chi connectivity index (χ1n) is 1.73. The maximum atomic E-state index is 9.41. The Hall–Kier alpha value is -0.881. The molecule has 0 unspecified atom stereocenters. The van der Waals surface area contributed by atoms with E-state index < -0.39 is 11.9 Å². The molecule has 0 spiro atoms. The van der Waals surface area contributed by atoms with Crippen molar-refractivity contribution in [3.05, 3.63) is 12.2 Å². The van der Waals surface area contributed by atoms with Crippen molar-refractivity contribution in [1.29, 1.82) is 0 Å². The zero-order valence-corrected chi connectivity index (χ0v) is 6.25. The van der Waals surface area contributed by atoms with Gasteiger partial charge < -0.3 is 30.8 Å². The van der Waals surface area contributed by atoms with Crippen LogP contribution in [-0.2, 0) is 26.7 Å². The number of carbonyl (C=O) groups excluding carboxylic acids is 2. The molecule has 66 valence electrons. The van der Waals surface area contributed by atoms with E-state index in [0.29, 0.717) is 12.2 Å². The average Bonchev–Trinajstić information content (AvgIpc) is 1.61. The van der Waals surface area contributed by atoms with Crippen LogP contribution in [0.3, 0.4) is 0 Å². The van der Waals surface area contributed by atoms with Gasteiger partial charge in [-0.15, -0.1) is 0 Å². The van der Waals surface area contributed by atoms with Crippen LogP contribution in [0.15, 0.2) is 12.2 Å². The van der Waals surface area contributed by atoms with Crippen LogP contribution in [0.25, 0.3) is 0 Å². The summed E-state index contributed by atoms with van der Waals surface area (Å²) in [4.78, 5) is 18.8. The van der Waals surface area contributed by atoms with E-state index in [1.807, 2.05) is 0 Å². The van der Waals surface area contributed by atoms with Crippen molar-refractivity contribution in [3.63, 3.8) is 0 Å². The Morgan fingerprint density at radius 2 is 1.09 bits per heavy atom. The summed E-state index contributed by atoms with van der Waals surface area (Å²) in [5.41, 5.74) is 0. The number of hydrogen-bond acceptors (Lipinski definition) is 4. The molecule has 0 aromatic carbocycles. The number of carboxylic acids is 2. The summed E-state index contributed by atoms with van der Waals surface area (Å²) in [5.74, 6) is -3.09. The summed E-state index contributed by atoms with van der Waals surface area (Å²) >= 11 is 0. The summed E-state index contributed by atoms with van der Waals surface area (Å²) < 4.78 is 0. The van der Waals surface area contributed by atoms with E-state index in [0.717, 1.165) is 0 Å². The van der Waals surface area contributed by atoms with E-state index in [2.05, 4.69) is 0 Å². The van der Waals surface area contributed by atoms with Gasteiger partial charge in [0.15, 0.2) is 0 Å². The van der Waals surface area contributed by atoms with Crippen molar-refractivity contribution in [1.82, 2.24) is 0 Å². The largest absolute Gasteiger partial charge is 2.00 e. The number of rotatable bonds is 2. The van der Waals surface area contributed by atoms with Gasteiger partial charge in [-0.25, -0.2) is 0 Å². The molecule has 7 heteroatoms. The fourth-order valence-corrected chi connectivity index (χ4v) is 0.136. The second-order valence-electron chi connectivity index (χ2n) is 0.971. The molecule has 0 radical (unpaired) electrons. The van der Waals surface area contributed by atoms with Crippen LogP contribution >= 0.6 is 0 Å². The van der Waals surface area contributed by atoms with E-state index in [-0.39, 0.29) is 28.0 Å². The zero-order chi connectivity index (χ0) is 6.57. The predicted molar refractivity (Wildman–Crippen MR) is 26.4 cm³/mol. The molecule has 0 saturated carbocycles. The van der Waals surface area contributed by atoms with E-state index >= 15 is 0 Å². The van der Waals surface area contributed by atoms with E-state index in [1.165, 1.54) is 0 Å². The van der Waals surface area contributed by atoms with Gasteiger partial charge in [-0.1, -0.05) is 0 Å². The van der Waals surface area contributed by atoms with Crippen LogP contribution in [0.2, 0.25) is 0 Å². The topological polar surface area (TPSA) is 143 Å². The second-order valence-corrected chi connectivity index (χ2v) is 0.971. The van der Waals surface area contributed by atoms with Gasteiger partial charge >= 0.3 is 17.1 Å². The molecule has 11 heavy (non-hydrogen) atoms. The second kappa shape index (κ2) is 11.9. The van der Waals surface area contributed by atoms with Crippen LogP contribution in [0.4, 0.5) is 0 Å². The Bertz CT molecular complexity index is 126. The Balaban J connectivity index is -0.0000000817. The molecule has 0 bridgehead atoms. The third-order valence-corrected chi connectivity index (χ3v) is 0.355. The maximum absolute atomic E-state index is 9.41. The molecular formula is C4H6FeO6. The van der Waals surface area contributed by atoms with Crippen molar-refractivity contribution in [2.75, 3.05) is 0 Å². The van der Waals surface area contributed by atoms with Crippen molar-refractivity contribution < 1.29 is 47.8 Å². The Kier molecular flexibility index (Phi) is 24.2. The fraction of sp³-hybridized carbons (Fsp3) is 0. The molecule has 0 heterocycles. The molecule has 0 aliphatic heterocycles. The summed E-state index contributed by atoms with van der Waals surface area (Å²) in [5, 5.41) is 18.8. The zero-order valence-electron chi connectivity index (χ0n) is 5.14. The predicted octanol–water partition coefficient (Wildman–Crippen LogP) is -4.61. The minimum absolute atomic E-state index is 0. The van der Waals surface area contributed by atoms with E-state index in [9.17, 15) is 19.8 Å². The van der Waals surface area contributed by atoms with Gasteiger partial charge in [-0.2, -0.15) is 0 Å². The smallest absolute Gasteiger partial charge is 0.545 e. The van der Waals surface area contributed by atoms with Crippen LogP contribution in [0.1, 0.15) is 0 Å². The van der Waals surface area contributed by atoms with Crippen LogP contribution in [-0.4, -0.2) is 22.9 Å². The van der Waals surface area contributed by atoms with Gasteiger partial charge in [0.25, 0.3) is 0 Å². The Labute approximate surface area is 72.6 Å². The van der Waals surface area contributed by atoms with Crippen molar-refractivity contribution in [2.45, 2.75) is 0 Å². The molecule has 4 N–H and O–H groups in total. The van der Waals surface area contributed by atoms with E-state index in [1.54, 1.807) is 0 Å². The maximum Gasteiger partial charge on any atom is 2.00 e. The van der Waals surface area contributed by atoms with Crippen LogP contribution < -0.4 is 10.2 Å². The van der Waals surface area contributed by atoms with Gasteiger partial charge in [-0.05, 0) is 12.2 Å². The minimum atomic E-state index is -1.55. The minimum Gasteiger partial charge on any atom is -0.545 e. The average molecular weight is 206 g/mol. The standard InChI is InChI=1S/C4H4O4.Fe.2H2O/c5-3(6)1-2-4(7)8;;;/h1-2H,(H,5,6)(H,7,8);;2*1H2/q;+2;;/p-2/b2-1+;;;. The molecule has 6 nitrogen and oxygen atoms in total. The van der Waals surface area contributed by atoms with Gasteiger partial charge in [0.05, 0.1) is 11.9 Å².